The number of rotatable bonds is 7. The molecule has 8 heteroatoms. The molecule has 23 heavy (non-hydrogen) atoms. The van der Waals surface area contributed by atoms with Crippen molar-refractivity contribution < 1.29 is 18.8 Å². The molecule has 0 spiro atoms. The van der Waals surface area contributed by atoms with Gasteiger partial charge in [0.05, 0.1) is 11.5 Å². The van der Waals surface area contributed by atoms with Gasteiger partial charge in [-0.15, -0.1) is 11.8 Å². The second-order valence-corrected chi connectivity index (χ2v) is 6.55. The van der Waals surface area contributed by atoms with E-state index < -0.39 is 0 Å². The zero-order valence-electron chi connectivity index (χ0n) is 12.4. The monoisotopic (exact) mass is 398 g/mol. The van der Waals surface area contributed by atoms with Gasteiger partial charge in [0.15, 0.2) is 5.82 Å². The highest BCUT2D eigenvalue weighted by molar-refractivity contribution is 9.10. The molecule has 0 aliphatic heterocycles. The topological polar surface area (TPSA) is 81.4 Å². The Morgan fingerprint density at radius 2 is 2.04 bits per heavy atom. The number of carbonyl (C=O) groups is 2. The maximum absolute atomic E-state index is 11.6. The molecule has 0 saturated heterocycles. The average molecular weight is 399 g/mol. The predicted molar refractivity (Wildman–Crippen MR) is 91.1 cm³/mol. The molecule has 1 aromatic heterocycles. The molecule has 122 valence electrons. The number of carbonyl (C=O) groups excluding carboxylic acids is 2. The van der Waals surface area contributed by atoms with Crippen LogP contribution in [0, 0.1) is 6.92 Å². The Hall–Kier alpha value is -1.80. The standard InChI is InChI=1S/C15H15BrN2O4S/c1-10-6-13(18-22-10)17-14(19)8-23-9-15(20)21-7-11-2-4-12(16)5-3-11/h2-6H,7-9H2,1H3,(H,17,18,19). The molecule has 1 heterocycles. The molecule has 0 aliphatic rings. The molecule has 1 aromatic carbocycles. The summed E-state index contributed by atoms with van der Waals surface area (Å²) < 4.78 is 10.9. The molecule has 0 unspecified atom stereocenters. The van der Waals surface area contributed by atoms with Gasteiger partial charge in [-0.1, -0.05) is 33.2 Å². The highest BCUT2D eigenvalue weighted by atomic mass is 79.9. The van der Waals surface area contributed by atoms with Crippen LogP contribution in [0.2, 0.25) is 0 Å². The summed E-state index contributed by atoms with van der Waals surface area (Å²) >= 11 is 4.52. The number of nitrogens with zero attached hydrogens (tertiary/aromatic N) is 1. The third-order valence-electron chi connectivity index (χ3n) is 2.66. The van der Waals surface area contributed by atoms with E-state index in [2.05, 4.69) is 26.4 Å². The highest BCUT2D eigenvalue weighted by Crippen LogP contribution is 2.12. The van der Waals surface area contributed by atoms with E-state index >= 15 is 0 Å². The van der Waals surface area contributed by atoms with E-state index in [1.54, 1.807) is 13.0 Å². The minimum Gasteiger partial charge on any atom is -0.460 e. The van der Waals surface area contributed by atoms with Crippen molar-refractivity contribution in [2.45, 2.75) is 13.5 Å². The molecular weight excluding hydrogens is 384 g/mol. The van der Waals surface area contributed by atoms with Crippen LogP contribution in [0.3, 0.4) is 0 Å². The third-order valence-corrected chi connectivity index (χ3v) is 4.10. The SMILES string of the molecule is Cc1cc(NC(=O)CSCC(=O)OCc2ccc(Br)cc2)no1. The van der Waals surface area contributed by atoms with Gasteiger partial charge in [0.2, 0.25) is 5.91 Å². The second-order valence-electron chi connectivity index (χ2n) is 4.65. The summed E-state index contributed by atoms with van der Waals surface area (Å²) in [4.78, 5) is 23.3. The van der Waals surface area contributed by atoms with Crippen LogP contribution in [-0.4, -0.2) is 28.5 Å². The van der Waals surface area contributed by atoms with Crippen LogP contribution in [0.1, 0.15) is 11.3 Å². The van der Waals surface area contributed by atoms with Gasteiger partial charge in [0.25, 0.3) is 0 Å². The molecule has 2 aromatic rings. The maximum Gasteiger partial charge on any atom is 0.316 e. The lowest BCUT2D eigenvalue weighted by Gasteiger charge is -2.05. The first-order valence-corrected chi connectivity index (χ1v) is 8.68. The van der Waals surface area contributed by atoms with E-state index in [-0.39, 0.29) is 30.0 Å². The molecule has 0 atom stereocenters. The lowest BCUT2D eigenvalue weighted by atomic mass is 10.2. The van der Waals surface area contributed by atoms with Crippen LogP contribution in [0.4, 0.5) is 5.82 Å². The number of benzene rings is 1. The molecular formula is C15H15BrN2O4S. The first-order chi connectivity index (χ1) is 11.0. The maximum atomic E-state index is 11.6. The summed E-state index contributed by atoms with van der Waals surface area (Å²) in [6, 6.07) is 9.13. The Morgan fingerprint density at radius 3 is 2.70 bits per heavy atom. The fraction of sp³-hybridized carbons (Fsp3) is 0.267. The molecule has 6 nitrogen and oxygen atoms in total. The van der Waals surface area contributed by atoms with E-state index in [1.165, 1.54) is 11.8 Å². The van der Waals surface area contributed by atoms with E-state index in [0.29, 0.717) is 11.6 Å². The fourth-order valence-corrected chi connectivity index (χ4v) is 2.49. The van der Waals surface area contributed by atoms with Crippen molar-refractivity contribution in [2.75, 3.05) is 16.8 Å². The Kier molecular flexibility index (Phi) is 6.66. The number of amides is 1. The van der Waals surface area contributed by atoms with Crippen LogP contribution in [0.5, 0.6) is 0 Å². The molecule has 0 aliphatic carbocycles. The molecule has 2 rings (SSSR count). The number of halogens is 1. The van der Waals surface area contributed by atoms with Crippen molar-refractivity contribution in [2.24, 2.45) is 0 Å². The lowest BCUT2D eigenvalue weighted by molar-refractivity contribution is -0.141. The minimum atomic E-state index is -0.358. The number of aryl methyl sites for hydroxylation is 1. The summed E-state index contributed by atoms with van der Waals surface area (Å²) in [6.07, 6.45) is 0. The summed E-state index contributed by atoms with van der Waals surface area (Å²) in [5, 5.41) is 6.24. The highest BCUT2D eigenvalue weighted by Gasteiger charge is 2.09. The molecule has 0 saturated carbocycles. The first kappa shape index (κ1) is 17.6. The van der Waals surface area contributed by atoms with Crippen molar-refractivity contribution in [3.8, 4) is 0 Å². The van der Waals surface area contributed by atoms with Crippen molar-refractivity contribution in [3.05, 3.63) is 46.1 Å². The first-order valence-electron chi connectivity index (χ1n) is 6.74. The Bertz CT molecular complexity index is 672. The van der Waals surface area contributed by atoms with E-state index in [1.807, 2.05) is 24.3 Å². The third kappa shape index (κ3) is 6.45. The van der Waals surface area contributed by atoms with Gasteiger partial charge in [-0.3, -0.25) is 9.59 Å². The normalized spacial score (nSPS) is 10.3. The quantitative estimate of drug-likeness (QED) is 0.721. The van der Waals surface area contributed by atoms with Gasteiger partial charge in [0, 0.05) is 10.5 Å². The summed E-state index contributed by atoms with van der Waals surface area (Å²) in [5.41, 5.74) is 0.908. The number of esters is 1. The van der Waals surface area contributed by atoms with Crippen LogP contribution >= 0.6 is 27.7 Å². The molecule has 1 amide bonds. The molecule has 0 bridgehead atoms. The van der Waals surface area contributed by atoms with Crippen molar-refractivity contribution >= 4 is 45.4 Å². The second kappa shape index (κ2) is 8.73. The van der Waals surface area contributed by atoms with Gasteiger partial charge >= 0.3 is 5.97 Å². The van der Waals surface area contributed by atoms with Gasteiger partial charge < -0.3 is 14.6 Å². The number of hydrogen-bond acceptors (Lipinski definition) is 6. The number of aromatic nitrogens is 1. The Labute approximate surface area is 146 Å². The van der Waals surface area contributed by atoms with Crippen LogP contribution in [0.25, 0.3) is 0 Å². The number of thioether (sulfide) groups is 1. The van der Waals surface area contributed by atoms with Crippen molar-refractivity contribution in [1.29, 1.82) is 0 Å². The van der Waals surface area contributed by atoms with E-state index in [4.69, 9.17) is 9.26 Å². The smallest absolute Gasteiger partial charge is 0.316 e. The van der Waals surface area contributed by atoms with Crippen molar-refractivity contribution in [1.82, 2.24) is 5.16 Å². The zero-order chi connectivity index (χ0) is 16.7. The average Bonchev–Trinajstić information content (AvgIpc) is 2.91. The van der Waals surface area contributed by atoms with Gasteiger partial charge in [0.1, 0.15) is 12.4 Å². The molecule has 1 N–H and O–H groups in total. The minimum absolute atomic E-state index is 0.113. The largest absolute Gasteiger partial charge is 0.460 e. The van der Waals surface area contributed by atoms with Gasteiger partial charge in [-0.2, -0.15) is 0 Å². The number of anilines is 1. The number of hydrogen-bond donors (Lipinski definition) is 1. The van der Waals surface area contributed by atoms with Crippen molar-refractivity contribution in [3.63, 3.8) is 0 Å². The van der Waals surface area contributed by atoms with Crippen LogP contribution in [-0.2, 0) is 20.9 Å². The fourth-order valence-electron chi connectivity index (χ4n) is 1.62. The number of nitrogens with one attached hydrogen (secondary N) is 1. The zero-order valence-corrected chi connectivity index (χ0v) is 14.8. The summed E-state index contributed by atoms with van der Waals surface area (Å²) in [7, 11) is 0. The number of ether oxygens (including phenoxy) is 1. The summed E-state index contributed by atoms with van der Waals surface area (Å²) in [6.45, 7) is 1.95. The van der Waals surface area contributed by atoms with Crippen LogP contribution < -0.4 is 5.32 Å². The van der Waals surface area contributed by atoms with Gasteiger partial charge in [-0.05, 0) is 24.6 Å². The molecule has 0 radical (unpaired) electrons. The van der Waals surface area contributed by atoms with Crippen LogP contribution in [0.15, 0.2) is 39.3 Å². The Balaban J connectivity index is 1.62. The summed E-state index contributed by atoms with van der Waals surface area (Å²) in [5.74, 6) is 0.628. The van der Waals surface area contributed by atoms with Gasteiger partial charge in [-0.25, -0.2) is 0 Å². The lowest BCUT2D eigenvalue weighted by Crippen LogP contribution is -2.16. The Morgan fingerprint density at radius 1 is 1.30 bits per heavy atom. The van der Waals surface area contributed by atoms with E-state index in [0.717, 1.165) is 10.0 Å². The van der Waals surface area contributed by atoms with E-state index in [9.17, 15) is 9.59 Å². The predicted octanol–water partition coefficient (Wildman–Crippen LogP) is 3.16. The molecule has 0 fully saturated rings.